The van der Waals surface area contributed by atoms with Crippen LogP contribution in [-0.4, -0.2) is 23.7 Å². The number of likely N-dealkylation sites (N-methyl/N-ethyl adjacent to an activating group) is 1. The molecule has 0 spiro atoms. The zero-order valence-electron chi connectivity index (χ0n) is 12.2. The van der Waals surface area contributed by atoms with Crippen molar-refractivity contribution < 1.29 is 4.74 Å². The second kappa shape index (κ2) is 5.90. The summed E-state index contributed by atoms with van der Waals surface area (Å²) < 4.78 is 6.06. The van der Waals surface area contributed by atoms with Crippen LogP contribution in [0.25, 0.3) is 10.9 Å². The van der Waals surface area contributed by atoms with Crippen LogP contribution in [0.15, 0.2) is 36.5 Å². The van der Waals surface area contributed by atoms with Gasteiger partial charge in [-0.2, -0.15) is 0 Å². The average Bonchev–Trinajstić information content (AvgIpc) is 2.90. The number of ether oxygens (including phenoxy) is 1. The van der Waals surface area contributed by atoms with Crippen LogP contribution >= 0.6 is 0 Å². The Balaban J connectivity index is 1.92. The van der Waals surface area contributed by atoms with Crippen molar-refractivity contribution in [3.05, 3.63) is 42.1 Å². The Hall–Kier alpha value is -1.45. The molecule has 1 saturated heterocycles. The summed E-state index contributed by atoms with van der Waals surface area (Å²) in [6.45, 7) is 5.24. The number of hydrogen-bond donors (Lipinski definition) is 1. The van der Waals surface area contributed by atoms with Gasteiger partial charge in [0.25, 0.3) is 0 Å². The van der Waals surface area contributed by atoms with Gasteiger partial charge in [-0.05, 0) is 44.0 Å². The van der Waals surface area contributed by atoms with Crippen LogP contribution in [0.5, 0.6) is 0 Å². The Labute approximate surface area is 120 Å². The third-order valence-corrected chi connectivity index (χ3v) is 4.05. The monoisotopic (exact) mass is 270 g/mol. The van der Waals surface area contributed by atoms with E-state index in [1.165, 1.54) is 10.9 Å². The number of hydrogen-bond acceptors (Lipinski definition) is 3. The first-order chi connectivity index (χ1) is 9.78. The fourth-order valence-corrected chi connectivity index (χ4v) is 3.04. The Morgan fingerprint density at radius 1 is 1.35 bits per heavy atom. The molecule has 1 aliphatic heterocycles. The molecule has 106 valence electrons. The maximum Gasteiger partial charge on any atom is 0.0774 e. The first kappa shape index (κ1) is 13.5. The molecule has 2 heterocycles. The highest BCUT2D eigenvalue weighted by molar-refractivity contribution is 5.79. The predicted molar refractivity (Wildman–Crippen MR) is 81.7 cm³/mol. The van der Waals surface area contributed by atoms with Crippen molar-refractivity contribution in [3.8, 4) is 0 Å². The molecule has 3 atom stereocenters. The third kappa shape index (κ3) is 2.69. The lowest BCUT2D eigenvalue weighted by Crippen LogP contribution is -2.32. The summed E-state index contributed by atoms with van der Waals surface area (Å²) in [6, 6.07) is 10.9. The molecule has 1 aromatic carbocycles. The van der Waals surface area contributed by atoms with Crippen LogP contribution in [0, 0.1) is 0 Å². The maximum absolute atomic E-state index is 6.06. The van der Waals surface area contributed by atoms with Crippen molar-refractivity contribution in [1.29, 1.82) is 0 Å². The molecular weight excluding hydrogens is 248 g/mol. The van der Waals surface area contributed by atoms with Gasteiger partial charge < -0.3 is 10.1 Å². The van der Waals surface area contributed by atoms with Crippen molar-refractivity contribution >= 4 is 10.9 Å². The molecule has 0 saturated carbocycles. The van der Waals surface area contributed by atoms with Gasteiger partial charge in [0.2, 0.25) is 0 Å². The van der Waals surface area contributed by atoms with Gasteiger partial charge in [-0.3, -0.25) is 4.98 Å². The molecule has 20 heavy (non-hydrogen) atoms. The normalized spacial score (nSPS) is 24.1. The van der Waals surface area contributed by atoms with Crippen molar-refractivity contribution in [2.45, 2.75) is 44.9 Å². The van der Waals surface area contributed by atoms with E-state index in [0.717, 1.165) is 24.9 Å². The molecule has 3 heteroatoms. The number of aromatic nitrogens is 1. The van der Waals surface area contributed by atoms with Crippen LogP contribution in [0.1, 0.15) is 38.3 Å². The first-order valence-electron chi connectivity index (χ1n) is 7.51. The average molecular weight is 270 g/mol. The topological polar surface area (TPSA) is 34.2 Å². The Kier molecular flexibility index (Phi) is 3.99. The fourth-order valence-electron chi connectivity index (χ4n) is 3.04. The molecule has 3 rings (SSSR count). The van der Waals surface area contributed by atoms with Gasteiger partial charge in [-0.1, -0.05) is 25.1 Å². The quantitative estimate of drug-likeness (QED) is 0.924. The van der Waals surface area contributed by atoms with Gasteiger partial charge in [0.1, 0.15) is 0 Å². The number of pyridine rings is 1. The van der Waals surface area contributed by atoms with Crippen LogP contribution < -0.4 is 5.32 Å². The largest absolute Gasteiger partial charge is 0.373 e. The van der Waals surface area contributed by atoms with E-state index in [0.29, 0.717) is 6.10 Å². The molecular formula is C17H22N2O. The second-order valence-electron chi connectivity index (χ2n) is 5.55. The summed E-state index contributed by atoms with van der Waals surface area (Å²) in [5.74, 6) is 0. The lowest BCUT2D eigenvalue weighted by molar-refractivity contribution is 0.0320. The van der Waals surface area contributed by atoms with Crippen LogP contribution in [-0.2, 0) is 4.74 Å². The van der Waals surface area contributed by atoms with Gasteiger partial charge in [0.05, 0.1) is 23.8 Å². The lowest BCUT2D eigenvalue weighted by atomic mass is 9.98. The zero-order chi connectivity index (χ0) is 13.9. The molecule has 0 amide bonds. The molecule has 1 aliphatic rings. The highest BCUT2D eigenvalue weighted by atomic mass is 16.5. The van der Waals surface area contributed by atoms with Crippen molar-refractivity contribution in [2.75, 3.05) is 6.54 Å². The number of nitrogens with one attached hydrogen (secondary N) is 1. The van der Waals surface area contributed by atoms with Crippen molar-refractivity contribution in [1.82, 2.24) is 10.3 Å². The summed E-state index contributed by atoms with van der Waals surface area (Å²) in [5, 5.41) is 4.76. The smallest absolute Gasteiger partial charge is 0.0774 e. The molecule has 1 N–H and O–H groups in total. The van der Waals surface area contributed by atoms with E-state index >= 15 is 0 Å². The van der Waals surface area contributed by atoms with E-state index in [1.807, 2.05) is 12.3 Å². The van der Waals surface area contributed by atoms with E-state index < -0.39 is 0 Å². The SMILES string of the molecule is CCNC(c1ccc2cccnc2c1)C1CCC(C)O1. The minimum atomic E-state index is 0.261. The molecule has 1 fully saturated rings. The van der Waals surface area contributed by atoms with Crippen molar-refractivity contribution in [3.63, 3.8) is 0 Å². The first-order valence-corrected chi connectivity index (χ1v) is 7.51. The minimum Gasteiger partial charge on any atom is -0.373 e. The van der Waals surface area contributed by atoms with Gasteiger partial charge in [-0.15, -0.1) is 0 Å². The van der Waals surface area contributed by atoms with E-state index in [2.05, 4.69) is 48.4 Å². The fraction of sp³-hybridized carbons (Fsp3) is 0.471. The molecule has 3 unspecified atom stereocenters. The number of benzene rings is 1. The van der Waals surface area contributed by atoms with E-state index in [4.69, 9.17) is 4.74 Å². The van der Waals surface area contributed by atoms with E-state index in [-0.39, 0.29) is 12.1 Å². The standard InChI is InChI=1S/C17H22N2O/c1-3-18-17(16-9-6-12(2)20-16)14-8-7-13-5-4-10-19-15(13)11-14/h4-5,7-8,10-12,16-18H,3,6,9H2,1-2H3. The minimum absolute atomic E-state index is 0.261. The summed E-state index contributed by atoms with van der Waals surface area (Å²) in [5.41, 5.74) is 2.33. The van der Waals surface area contributed by atoms with E-state index in [9.17, 15) is 0 Å². The molecule has 1 aromatic heterocycles. The maximum atomic E-state index is 6.06. The summed E-state index contributed by atoms with van der Waals surface area (Å²) >= 11 is 0. The Morgan fingerprint density at radius 2 is 2.25 bits per heavy atom. The number of rotatable bonds is 4. The zero-order valence-corrected chi connectivity index (χ0v) is 12.2. The van der Waals surface area contributed by atoms with Crippen LogP contribution in [0.3, 0.4) is 0 Å². The van der Waals surface area contributed by atoms with Gasteiger partial charge in [0, 0.05) is 11.6 Å². The van der Waals surface area contributed by atoms with E-state index in [1.54, 1.807) is 0 Å². The third-order valence-electron chi connectivity index (χ3n) is 4.05. The number of fused-ring (bicyclic) bond motifs is 1. The molecule has 3 nitrogen and oxygen atoms in total. The highest BCUT2D eigenvalue weighted by Crippen LogP contribution is 2.31. The highest BCUT2D eigenvalue weighted by Gasteiger charge is 2.30. The summed E-state index contributed by atoms with van der Waals surface area (Å²) in [6.07, 6.45) is 4.77. The molecule has 2 aromatic rings. The number of nitrogens with zero attached hydrogens (tertiary/aromatic N) is 1. The van der Waals surface area contributed by atoms with Crippen LogP contribution in [0.4, 0.5) is 0 Å². The predicted octanol–water partition coefficient (Wildman–Crippen LogP) is 3.45. The second-order valence-corrected chi connectivity index (χ2v) is 5.55. The Morgan fingerprint density at radius 3 is 3.00 bits per heavy atom. The lowest BCUT2D eigenvalue weighted by Gasteiger charge is -2.25. The van der Waals surface area contributed by atoms with Gasteiger partial charge >= 0.3 is 0 Å². The van der Waals surface area contributed by atoms with Gasteiger partial charge in [-0.25, -0.2) is 0 Å². The molecule has 0 aliphatic carbocycles. The molecule has 0 radical (unpaired) electrons. The molecule has 0 bridgehead atoms. The van der Waals surface area contributed by atoms with Gasteiger partial charge in [0.15, 0.2) is 0 Å². The summed E-state index contributed by atoms with van der Waals surface area (Å²) in [7, 11) is 0. The van der Waals surface area contributed by atoms with Crippen LogP contribution in [0.2, 0.25) is 0 Å². The van der Waals surface area contributed by atoms with Crippen molar-refractivity contribution in [2.24, 2.45) is 0 Å². The Bertz CT molecular complexity index is 584. The summed E-state index contributed by atoms with van der Waals surface area (Å²) in [4.78, 5) is 4.46.